The number of anilines is 1. The summed E-state index contributed by atoms with van der Waals surface area (Å²) in [6.45, 7) is 2.75. The van der Waals surface area contributed by atoms with E-state index in [9.17, 15) is 34.1 Å². The predicted molar refractivity (Wildman–Crippen MR) is 132 cm³/mol. The lowest BCUT2D eigenvalue weighted by molar-refractivity contribution is -0.384. The number of benzene rings is 2. The first kappa shape index (κ1) is 27.1. The Labute approximate surface area is 212 Å². The number of hydrogen-bond acceptors (Lipinski definition) is 8. The van der Waals surface area contributed by atoms with Gasteiger partial charge in [-0.25, -0.2) is 0 Å². The van der Waals surface area contributed by atoms with E-state index in [1.54, 1.807) is 30.3 Å². The first-order valence-electron chi connectivity index (χ1n) is 11.5. The van der Waals surface area contributed by atoms with Crippen molar-refractivity contribution in [2.45, 2.75) is 50.7 Å². The van der Waals surface area contributed by atoms with Crippen LogP contribution in [0.3, 0.4) is 0 Å². The van der Waals surface area contributed by atoms with Gasteiger partial charge in [-0.2, -0.15) is 0 Å². The Morgan fingerprint density at radius 3 is 2.24 bits per heavy atom. The van der Waals surface area contributed by atoms with Crippen LogP contribution in [0.5, 0.6) is 0 Å². The molecule has 1 fully saturated rings. The van der Waals surface area contributed by atoms with Gasteiger partial charge in [0.1, 0.15) is 6.04 Å². The minimum atomic E-state index is -2.26. The van der Waals surface area contributed by atoms with Crippen LogP contribution in [0.15, 0.2) is 54.6 Å². The lowest BCUT2D eigenvalue weighted by Crippen LogP contribution is -2.71. The second-order valence-corrected chi connectivity index (χ2v) is 8.79. The summed E-state index contributed by atoms with van der Waals surface area (Å²) in [6.07, 6.45) is -0.874. The van der Waals surface area contributed by atoms with Crippen LogP contribution in [0.1, 0.15) is 32.3 Å². The number of carbonyl (C=O) groups excluding carboxylic acids is 5. The van der Waals surface area contributed by atoms with Crippen LogP contribution in [0.2, 0.25) is 0 Å². The van der Waals surface area contributed by atoms with Crippen molar-refractivity contribution in [3.63, 3.8) is 0 Å². The largest absolute Gasteiger partial charge is 0.343 e. The maximum Gasteiger partial charge on any atom is 0.269 e. The zero-order valence-corrected chi connectivity index (χ0v) is 20.3. The minimum absolute atomic E-state index is 0.125. The third-order valence-corrected chi connectivity index (χ3v) is 6.04. The molecule has 1 aliphatic heterocycles. The summed E-state index contributed by atoms with van der Waals surface area (Å²) in [7, 11) is 0. The van der Waals surface area contributed by atoms with Gasteiger partial charge in [0.15, 0.2) is 11.3 Å². The number of Topliss-reactive ketones (excluding diaryl/α,β-unsaturated/α-hetero) is 1. The normalized spacial score (nSPS) is 19.1. The summed E-state index contributed by atoms with van der Waals surface area (Å²) in [5, 5.41) is 15.9. The smallest absolute Gasteiger partial charge is 0.269 e. The fourth-order valence-corrected chi connectivity index (χ4v) is 4.07. The molecule has 3 rings (SSSR count). The van der Waals surface area contributed by atoms with Crippen LogP contribution in [0.25, 0.3) is 0 Å². The van der Waals surface area contributed by atoms with Gasteiger partial charge in [-0.1, -0.05) is 30.3 Å². The lowest BCUT2D eigenvalue weighted by Gasteiger charge is -2.44. The number of nitrogens with one attached hydrogen (secondary N) is 2. The fourth-order valence-electron chi connectivity index (χ4n) is 4.07. The van der Waals surface area contributed by atoms with E-state index in [0.717, 1.165) is 0 Å². The number of nitro benzene ring substituents is 1. The number of nitrogens with zero attached hydrogens (tertiary/aromatic N) is 2. The van der Waals surface area contributed by atoms with E-state index in [1.165, 1.54) is 38.1 Å². The molecule has 0 bridgehead atoms. The van der Waals surface area contributed by atoms with Crippen molar-refractivity contribution in [3.05, 3.63) is 70.3 Å². The first-order valence-corrected chi connectivity index (χ1v) is 11.5. The number of imide groups is 1. The van der Waals surface area contributed by atoms with Crippen LogP contribution in [0, 0.1) is 10.1 Å². The highest BCUT2D eigenvalue weighted by Crippen LogP contribution is 2.32. The fraction of sp³-hybridized carbons (Fsp3) is 0.320. The van der Waals surface area contributed by atoms with E-state index < -0.39 is 52.0 Å². The molecule has 12 nitrogen and oxygen atoms in total. The van der Waals surface area contributed by atoms with Gasteiger partial charge in [0.05, 0.1) is 11.0 Å². The molecule has 0 spiro atoms. The van der Waals surface area contributed by atoms with Crippen LogP contribution < -0.4 is 16.4 Å². The molecule has 2 aromatic carbocycles. The molecule has 0 aliphatic carbocycles. The second-order valence-electron chi connectivity index (χ2n) is 8.79. The number of non-ortho nitro benzene ring substituents is 1. The maximum atomic E-state index is 13.8. The first-order chi connectivity index (χ1) is 17.5. The minimum Gasteiger partial charge on any atom is -0.343 e. The van der Waals surface area contributed by atoms with Crippen molar-refractivity contribution in [1.82, 2.24) is 10.2 Å². The molecule has 37 heavy (non-hydrogen) atoms. The summed E-state index contributed by atoms with van der Waals surface area (Å²) in [6, 6.07) is 11.1. The van der Waals surface area contributed by atoms with E-state index in [-0.39, 0.29) is 30.6 Å². The summed E-state index contributed by atoms with van der Waals surface area (Å²) in [5.74, 6) is -3.96. The van der Waals surface area contributed by atoms with Gasteiger partial charge in [-0.15, -0.1) is 0 Å². The maximum absolute atomic E-state index is 13.8. The third kappa shape index (κ3) is 5.70. The number of nitrogens with two attached hydrogens (primary N) is 1. The number of rotatable bonds is 8. The summed E-state index contributed by atoms with van der Waals surface area (Å²) < 4.78 is 0. The monoisotopic (exact) mass is 509 g/mol. The summed E-state index contributed by atoms with van der Waals surface area (Å²) in [5.41, 5.74) is 3.73. The van der Waals surface area contributed by atoms with Crippen molar-refractivity contribution in [3.8, 4) is 0 Å². The Kier molecular flexibility index (Phi) is 8.13. The van der Waals surface area contributed by atoms with Crippen LogP contribution in [-0.4, -0.2) is 56.9 Å². The van der Waals surface area contributed by atoms with E-state index in [1.807, 2.05) is 0 Å². The van der Waals surface area contributed by atoms with Crippen molar-refractivity contribution in [2.24, 2.45) is 5.73 Å². The molecule has 3 atom stereocenters. The Bertz CT molecular complexity index is 1230. The Hall–Kier alpha value is -4.45. The van der Waals surface area contributed by atoms with E-state index >= 15 is 0 Å². The quantitative estimate of drug-likeness (QED) is 0.268. The van der Waals surface area contributed by atoms with Gasteiger partial charge in [-0.3, -0.25) is 39.0 Å². The molecule has 0 radical (unpaired) electrons. The molecule has 1 heterocycles. The van der Waals surface area contributed by atoms with E-state index in [2.05, 4.69) is 10.6 Å². The topological polar surface area (TPSA) is 182 Å². The van der Waals surface area contributed by atoms with Gasteiger partial charge in [0, 0.05) is 37.1 Å². The van der Waals surface area contributed by atoms with Crippen LogP contribution in [-0.2, 0) is 30.4 Å². The molecular formula is C25H27N5O7. The van der Waals surface area contributed by atoms with Gasteiger partial charge >= 0.3 is 0 Å². The summed E-state index contributed by atoms with van der Waals surface area (Å²) >= 11 is 0. The van der Waals surface area contributed by atoms with Crippen molar-refractivity contribution in [2.75, 3.05) is 5.32 Å². The summed E-state index contributed by atoms with van der Waals surface area (Å²) in [4.78, 5) is 77.1. The third-order valence-electron chi connectivity index (χ3n) is 6.04. The molecule has 0 saturated carbocycles. The van der Waals surface area contributed by atoms with E-state index in [0.29, 0.717) is 10.5 Å². The van der Waals surface area contributed by atoms with Crippen LogP contribution >= 0.6 is 0 Å². The van der Waals surface area contributed by atoms with Crippen molar-refractivity contribution < 1.29 is 28.9 Å². The zero-order valence-electron chi connectivity index (χ0n) is 20.3. The van der Waals surface area contributed by atoms with Gasteiger partial charge in [0.25, 0.3) is 17.5 Å². The number of amides is 4. The standard InChI is InChI=1S/C25H27N5O7/c1-15(26)22(33)27-16(2)23(34)29-21(32)13-12-20(31)25(29,14-17-6-4-3-5-7-17)24(35)28-18-8-10-19(11-9-18)30(36)37/h3-11,15-16H,12-14,26H2,1-2H3,(H,27,33)(H,28,35)/t15-,16-,25+/m0/s1. The molecule has 1 aliphatic rings. The highest BCUT2D eigenvalue weighted by Gasteiger charge is 2.57. The van der Waals surface area contributed by atoms with E-state index in [4.69, 9.17) is 5.73 Å². The molecule has 2 aromatic rings. The van der Waals surface area contributed by atoms with Crippen molar-refractivity contribution in [1.29, 1.82) is 0 Å². The highest BCUT2D eigenvalue weighted by molar-refractivity contribution is 6.23. The number of ketones is 1. The molecule has 0 aromatic heterocycles. The predicted octanol–water partition coefficient (Wildman–Crippen LogP) is 1.08. The second kappa shape index (κ2) is 11.1. The molecular weight excluding hydrogens is 482 g/mol. The van der Waals surface area contributed by atoms with Gasteiger partial charge < -0.3 is 16.4 Å². The molecule has 194 valence electrons. The SMILES string of the molecule is C[C@H](N)C(=O)N[C@@H](C)C(=O)N1C(=O)CCC(=O)[C@]1(Cc1ccccc1)C(=O)Nc1ccc([N+](=O)[O-])cc1. The molecule has 0 unspecified atom stereocenters. The average Bonchev–Trinajstić information content (AvgIpc) is 2.86. The molecule has 4 amide bonds. The molecule has 1 saturated heterocycles. The Balaban J connectivity index is 2.08. The molecule has 4 N–H and O–H groups in total. The highest BCUT2D eigenvalue weighted by atomic mass is 16.6. The average molecular weight is 510 g/mol. The number of hydrogen-bond donors (Lipinski definition) is 3. The van der Waals surface area contributed by atoms with Gasteiger partial charge in [0.2, 0.25) is 11.8 Å². The zero-order chi connectivity index (χ0) is 27.3. The van der Waals surface area contributed by atoms with Crippen LogP contribution in [0.4, 0.5) is 11.4 Å². The molecule has 12 heteroatoms. The van der Waals surface area contributed by atoms with Crippen molar-refractivity contribution >= 4 is 40.8 Å². The van der Waals surface area contributed by atoms with Gasteiger partial charge in [-0.05, 0) is 31.5 Å². The number of likely N-dealkylation sites (tertiary alicyclic amines) is 1. The Morgan fingerprint density at radius 2 is 1.68 bits per heavy atom. The Morgan fingerprint density at radius 1 is 1.05 bits per heavy atom. The number of piperidine rings is 1. The number of carbonyl (C=O) groups is 5. The lowest BCUT2D eigenvalue weighted by atomic mass is 9.78. The number of nitro groups is 1.